The van der Waals surface area contributed by atoms with Crippen LogP contribution in [0.1, 0.15) is 25.5 Å². The Morgan fingerprint density at radius 2 is 2.00 bits per heavy atom. The largest absolute Gasteiger partial charge is 0.484 e. The zero-order chi connectivity index (χ0) is 17.8. The predicted molar refractivity (Wildman–Crippen MR) is 91.2 cm³/mol. The highest BCUT2D eigenvalue weighted by molar-refractivity contribution is 5.89. The Morgan fingerprint density at radius 1 is 1.24 bits per heavy atom. The van der Waals surface area contributed by atoms with Gasteiger partial charge in [-0.1, -0.05) is 22.8 Å². The lowest BCUT2D eigenvalue weighted by molar-refractivity contribution is -0.118. The number of rotatable bonds is 6. The highest BCUT2D eigenvalue weighted by Crippen LogP contribution is 2.19. The van der Waals surface area contributed by atoms with Gasteiger partial charge in [0.2, 0.25) is 0 Å². The molecule has 1 aromatic carbocycles. The lowest BCUT2D eigenvalue weighted by atomic mass is 10.2. The van der Waals surface area contributed by atoms with Crippen molar-refractivity contribution in [1.82, 2.24) is 20.0 Å². The Balaban J connectivity index is 1.56. The van der Waals surface area contributed by atoms with Gasteiger partial charge in [0.05, 0.1) is 0 Å². The van der Waals surface area contributed by atoms with Gasteiger partial charge in [0.25, 0.3) is 11.8 Å². The summed E-state index contributed by atoms with van der Waals surface area (Å²) in [5.41, 5.74) is 1.67. The number of nitrogens with one attached hydrogen (secondary N) is 1. The summed E-state index contributed by atoms with van der Waals surface area (Å²) in [7, 11) is 0. The number of aromatic nitrogens is 4. The molecular weight excluding hydrogens is 322 g/mol. The lowest BCUT2D eigenvalue weighted by Gasteiger charge is -2.05. The Hall–Kier alpha value is -3.16. The molecule has 2 heterocycles. The molecule has 0 saturated heterocycles. The number of carbonyl (C=O) groups excluding carboxylic acids is 1. The topological polar surface area (TPSA) is 95.1 Å². The third-order valence-corrected chi connectivity index (χ3v) is 3.42. The fraction of sp³-hybridized carbons (Fsp3) is 0.294. The molecule has 0 aliphatic heterocycles. The van der Waals surface area contributed by atoms with Crippen LogP contribution in [0.3, 0.4) is 0 Å². The SMILES string of the molecule is Cc1ccc(OCC(=O)Nc2nnc(-c3ccn(C(C)C)n3)o2)cc1. The van der Waals surface area contributed by atoms with E-state index in [0.717, 1.165) is 5.56 Å². The maximum Gasteiger partial charge on any atom is 0.322 e. The Kier molecular flexibility index (Phi) is 4.78. The van der Waals surface area contributed by atoms with E-state index in [0.29, 0.717) is 11.4 Å². The molecule has 0 spiro atoms. The van der Waals surface area contributed by atoms with Gasteiger partial charge in [-0.05, 0) is 39.0 Å². The molecule has 8 heteroatoms. The van der Waals surface area contributed by atoms with Crippen LogP contribution in [0.5, 0.6) is 5.75 Å². The summed E-state index contributed by atoms with van der Waals surface area (Å²) in [6.07, 6.45) is 1.83. The zero-order valence-electron chi connectivity index (χ0n) is 14.3. The molecular formula is C17H19N5O3. The molecule has 0 radical (unpaired) electrons. The van der Waals surface area contributed by atoms with Crippen LogP contribution in [-0.2, 0) is 4.79 Å². The maximum atomic E-state index is 11.9. The number of ether oxygens (including phenoxy) is 1. The monoisotopic (exact) mass is 341 g/mol. The van der Waals surface area contributed by atoms with Gasteiger partial charge >= 0.3 is 6.01 Å². The number of carbonyl (C=O) groups is 1. The van der Waals surface area contributed by atoms with Gasteiger partial charge in [-0.15, -0.1) is 5.10 Å². The Labute approximate surface area is 144 Å². The van der Waals surface area contributed by atoms with Crippen LogP contribution in [-0.4, -0.2) is 32.5 Å². The minimum atomic E-state index is -0.386. The predicted octanol–water partition coefficient (Wildman–Crippen LogP) is 2.84. The standard InChI is InChI=1S/C17H19N5O3/c1-11(2)22-9-8-14(21-22)16-19-20-17(25-16)18-15(23)10-24-13-6-4-12(3)5-7-13/h4-9,11H,10H2,1-3H3,(H,18,20,23). The Bertz CT molecular complexity index is 851. The summed E-state index contributed by atoms with van der Waals surface area (Å²) in [6, 6.07) is 9.44. The van der Waals surface area contributed by atoms with Gasteiger partial charge in [-0.25, -0.2) is 0 Å². The van der Waals surface area contributed by atoms with Gasteiger partial charge < -0.3 is 9.15 Å². The van der Waals surface area contributed by atoms with Crippen LogP contribution in [0.25, 0.3) is 11.6 Å². The molecule has 3 aromatic rings. The minimum Gasteiger partial charge on any atom is -0.484 e. The molecule has 25 heavy (non-hydrogen) atoms. The molecule has 0 aliphatic carbocycles. The molecule has 0 unspecified atom stereocenters. The van der Waals surface area contributed by atoms with E-state index in [9.17, 15) is 4.79 Å². The molecule has 8 nitrogen and oxygen atoms in total. The molecule has 0 atom stereocenters. The van der Waals surface area contributed by atoms with Crippen molar-refractivity contribution >= 4 is 11.9 Å². The number of benzene rings is 1. The first-order valence-electron chi connectivity index (χ1n) is 7.89. The van der Waals surface area contributed by atoms with Crippen molar-refractivity contribution in [1.29, 1.82) is 0 Å². The molecule has 3 rings (SSSR count). The highest BCUT2D eigenvalue weighted by atomic mass is 16.5. The zero-order valence-corrected chi connectivity index (χ0v) is 14.3. The number of hydrogen-bond acceptors (Lipinski definition) is 6. The van der Waals surface area contributed by atoms with Crippen LogP contribution in [0.2, 0.25) is 0 Å². The minimum absolute atomic E-state index is 0.00611. The van der Waals surface area contributed by atoms with E-state index < -0.39 is 0 Å². The van der Waals surface area contributed by atoms with Crippen LogP contribution in [0, 0.1) is 6.92 Å². The summed E-state index contributed by atoms with van der Waals surface area (Å²) in [4.78, 5) is 11.9. The molecule has 1 N–H and O–H groups in total. The van der Waals surface area contributed by atoms with E-state index in [1.54, 1.807) is 22.9 Å². The third kappa shape index (κ3) is 4.23. The first-order valence-corrected chi connectivity index (χ1v) is 7.89. The van der Waals surface area contributed by atoms with E-state index in [2.05, 4.69) is 20.6 Å². The quantitative estimate of drug-likeness (QED) is 0.741. The number of anilines is 1. The van der Waals surface area contributed by atoms with Crippen molar-refractivity contribution in [3.63, 3.8) is 0 Å². The summed E-state index contributed by atoms with van der Waals surface area (Å²) in [5.74, 6) is 0.476. The number of nitrogens with zero attached hydrogens (tertiary/aromatic N) is 4. The fourth-order valence-electron chi connectivity index (χ4n) is 2.06. The average Bonchev–Trinajstić information content (AvgIpc) is 3.23. The fourth-order valence-corrected chi connectivity index (χ4v) is 2.06. The van der Waals surface area contributed by atoms with E-state index in [1.165, 1.54) is 0 Å². The highest BCUT2D eigenvalue weighted by Gasteiger charge is 2.14. The van der Waals surface area contributed by atoms with Gasteiger partial charge in [-0.2, -0.15) is 5.10 Å². The van der Waals surface area contributed by atoms with E-state index in [1.807, 2.05) is 39.1 Å². The summed E-state index contributed by atoms with van der Waals surface area (Å²) < 4.78 is 12.6. The molecule has 0 saturated carbocycles. The van der Waals surface area contributed by atoms with Crippen molar-refractivity contribution in [3.05, 3.63) is 42.1 Å². The summed E-state index contributed by atoms with van der Waals surface area (Å²) in [6.45, 7) is 5.87. The van der Waals surface area contributed by atoms with Crippen LogP contribution >= 0.6 is 0 Å². The van der Waals surface area contributed by atoms with Crippen molar-refractivity contribution in [3.8, 4) is 17.3 Å². The molecule has 1 amide bonds. The Morgan fingerprint density at radius 3 is 2.68 bits per heavy atom. The van der Waals surface area contributed by atoms with E-state index >= 15 is 0 Å². The van der Waals surface area contributed by atoms with Crippen molar-refractivity contribution in [2.75, 3.05) is 11.9 Å². The summed E-state index contributed by atoms with van der Waals surface area (Å²) in [5, 5.41) is 14.5. The first kappa shape index (κ1) is 16.7. The van der Waals surface area contributed by atoms with Gasteiger partial charge in [-0.3, -0.25) is 14.8 Å². The second kappa shape index (κ2) is 7.16. The molecule has 130 valence electrons. The molecule has 0 bridgehead atoms. The van der Waals surface area contributed by atoms with Gasteiger partial charge in [0.15, 0.2) is 6.61 Å². The second-order valence-electron chi connectivity index (χ2n) is 5.84. The second-order valence-corrected chi connectivity index (χ2v) is 5.84. The van der Waals surface area contributed by atoms with E-state index in [4.69, 9.17) is 9.15 Å². The van der Waals surface area contributed by atoms with E-state index in [-0.39, 0.29) is 30.5 Å². The number of aryl methyl sites for hydroxylation is 1. The third-order valence-electron chi connectivity index (χ3n) is 3.42. The van der Waals surface area contributed by atoms with Gasteiger partial charge in [0, 0.05) is 12.2 Å². The molecule has 2 aromatic heterocycles. The van der Waals surface area contributed by atoms with Crippen LogP contribution < -0.4 is 10.1 Å². The average molecular weight is 341 g/mol. The smallest absolute Gasteiger partial charge is 0.322 e. The number of hydrogen-bond donors (Lipinski definition) is 1. The van der Waals surface area contributed by atoms with Crippen LogP contribution in [0.4, 0.5) is 6.01 Å². The molecule has 0 aliphatic rings. The number of amides is 1. The summed E-state index contributed by atoms with van der Waals surface area (Å²) >= 11 is 0. The first-order chi connectivity index (χ1) is 12.0. The van der Waals surface area contributed by atoms with Gasteiger partial charge in [0.1, 0.15) is 11.4 Å². The lowest BCUT2D eigenvalue weighted by Crippen LogP contribution is -2.20. The van der Waals surface area contributed by atoms with Crippen LogP contribution in [0.15, 0.2) is 40.9 Å². The maximum absolute atomic E-state index is 11.9. The van der Waals surface area contributed by atoms with Crippen molar-refractivity contribution in [2.24, 2.45) is 0 Å². The molecule has 0 fully saturated rings. The van der Waals surface area contributed by atoms with Crippen molar-refractivity contribution in [2.45, 2.75) is 26.8 Å². The normalized spacial score (nSPS) is 10.9. The van der Waals surface area contributed by atoms with Crippen molar-refractivity contribution < 1.29 is 13.9 Å².